The van der Waals surface area contributed by atoms with E-state index >= 15 is 0 Å². The Hall–Kier alpha value is -2.33. The van der Waals surface area contributed by atoms with Crippen LogP contribution in [-0.2, 0) is 0 Å². The van der Waals surface area contributed by atoms with E-state index in [2.05, 4.69) is 9.97 Å². The van der Waals surface area contributed by atoms with Gasteiger partial charge in [-0.2, -0.15) is 0 Å². The van der Waals surface area contributed by atoms with Crippen molar-refractivity contribution in [1.82, 2.24) is 9.97 Å². The lowest BCUT2D eigenvalue weighted by molar-refractivity contribution is 0.463. The molecule has 0 atom stereocenters. The largest absolute Gasteiger partial charge is 0.437 e. The van der Waals surface area contributed by atoms with Gasteiger partial charge in [0.2, 0.25) is 5.88 Å². The minimum absolute atomic E-state index is 0.417. The first-order valence-electron chi connectivity index (χ1n) is 5.66. The van der Waals surface area contributed by atoms with Crippen LogP contribution in [0.3, 0.4) is 0 Å². The van der Waals surface area contributed by atoms with Crippen molar-refractivity contribution in [1.29, 1.82) is 0 Å². The molecule has 0 saturated carbocycles. The van der Waals surface area contributed by atoms with Crippen LogP contribution in [0.25, 0.3) is 11.0 Å². The first-order valence-corrected chi connectivity index (χ1v) is 6.04. The van der Waals surface area contributed by atoms with Crippen molar-refractivity contribution in [2.45, 2.75) is 0 Å². The maximum Gasteiger partial charge on any atom is 0.238 e. The van der Waals surface area contributed by atoms with Crippen LogP contribution in [0.1, 0.15) is 0 Å². The summed E-state index contributed by atoms with van der Waals surface area (Å²) in [6, 6.07) is 12.5. The lowest BCUT2D eigenvalue weighted by Gasteiger charge is -2.06. The Morgan fingerprint density at radius 3 is 2.79 bits per heavy atom. The third kappa shape index (κ3) is 2.58. The fourth-order valence-electron chi connectivity index (χ4n) is 1.71. The molecule has 0 radical (unpaired) electrons. The van der Waals surface area contributed by atoms with E-state index in [1.54, 1.807) is 36.5 Å². The number of ether oxygens (including phenoxy) is 1. The average molecular weight is 272 g/mol. The number of rotatable bonds is 2. The number of halogens is 1. The summed E-state index contributed by atoms with van der Waals surface area (Å²) >= 11 is 5.89. The number of aromatic nitrogens is 2. The highest BCUT2D eigenvalue weighted by atomic mass is 35.5. The molecule has 2 N–H and O–H groups in total. The van der Waals surface area contributed by atoms with Crippen molar-refractivity contribution in [2.24, 2.45) is 0 Å². The molecule has 0 bridgehead atoms. The molecule has 1 heterocycles. The van der Waals surface area contributed by atoms with Crippen LogP contribution in [0.5, 0.6) is 11.6 Å². The van der Waals surface area contributed by atoms with Gasteiger partial charge in [-0.3, -0.25) is 0 Å². The summed E-state index contributed by atoms with van der Waals surface area (Å²) in [5, 5.41) is 0.631. The van der Waals surface area contributed by atoms with Crippen LogP contribution < -0.4 is 10.5 Å². The molecule has 94 valence electrons. The second-order valence-electron chi connectivity index (χ2n) is 4.02. The molecular weight excluding hydrogens is 262 g/mol. The number of hydrogen-bond donors (Lipinski definition) is 1. The van der Waals surface area contributed by atoms with Gasteiger partial charge < -0.3 is 10.5 Å². The zero-order valence-corrected chi connectivity index (χ0v) is 10.6. The molecule has 0 saturated heterocycles. The van der Waals surface area contributed by atoms with Crippen molar-refractivity contribution >= 4 is 28.3 Å². The Labute approximate surface area is 114 Å². The van der Waals surface area contributed by atoms with E-state index < -0.39 is 0 Å². The number of fused-ring (bicyclic) bond motifs is 1. The molecule has 0 spiro atoms. The second kappa shape index (κ2) is 4.74. The molecule has 0 unspecified atom stereocenters. The predicted octanol–water partition coefficient (Wildman–Crippen LogP) is 3.66. The summed E-state index contributed by atoms with van der Waals surface area (Å²) in [4.78, 5) is 8.61. The molecule has 0 aliphatic rings. The van der Waals surface area contributed by atoms with E-state index in [1.165, 1.54) is 0 Å². The summed E-state index contributed by atoms with van der Waals surface area (Å²) in [5.74, 6) is 1.04. The van der Waals surface area contributed by atoms with Gasteiger partial charge in [0.15, 0.2) is 0 Å². The average Bonchev–Trinajstić information content (AvgIpc) is 2.39. The molecule has 0 aliphatic heterocycles. The number of anilines is 1. The Balaban J connectivity index is 1.95. The molecule has 4 nitrogen and oxygen atoms in total. The van der Waals surface area contributed by atoms with Gasteiger partial charge in [0.05, 0.1) is 17.2 Å². The minimum atomic E-state index is 0.417. The minimum Gasteiger partial charge on any atom is -0.437 e. The zero-order chi connectivity index (χ0) is 13.2. The van der Waals surface area contributed by atoms with Crippen LogP contribution in [0, 0.1) is 0 Å². The van der Waals surface area contributed by atoms with Crippen molar-refractivity contribution in [3.8, 4) is 11.6 Å². The smallest absolute Gasteiger partial charge is 0.238 e. The lowest BCUT2D eigenvalue weighted by atomic mass is 10.3. The molecule has 0 aliphatic carbocycles. The highest BCUT2D eigenvalue weighted by Crippen LogP contribution is 2.23. The van der Waals surface area contributed by atoms with Crippen molar-refractivity contribution in [2.75, 3.05) is 5.73 Å². The Morgan fingerprint density at radius 1 is 1.05 bits per heavy atom. The third-order valence-electron chi connectivity index (χ3n) is 2.56. The first kappa shape index (κ1) is 11.7. The van der Waals surface area contributed by atoms with E-state index in [4.69, 9.17) is 22.1 Å². The Morgan fingerprint density at radius 2 is 1.95 bits per heavy atom. The molecule has 1 aromatic heterocycles. The number of hydrogen-bond acceptors (Lipinski definition) is 4. The van der Waals surface area contributed by atoms with Gasteiger partial charge >= 0.3 is 0 Å². The molecule has 3 aromatic rings. The highest BCUT2D eigenvalue weighted by molar-refractivity contribution is 6.31. The fraction of sp³-hybridized carbons (Fsp3) is 0. The van der Waals surface area contributed by atoms with Crippen molar-refractivity contribution < 1.29 is 4.74 Å². The van der Waals surface area contributed by atoms with E-state index in [1.807, 2.05) is 12.1 Å². The first-order chi connectivity index (χ1) is 9.20. The summed E-state index contributed by atoms with van der Waals surface area (Å²) in [6.45, 7) is 0. The van der Waals surface area contributed by atoms with E-state index in [0.29, 0.717) is 22.3 Å². The Kier molecular flexibility index (Phi) is 2.93. The van der Waals surface area contributed by atoms with Crippen LogP contribution >= 0.6 is 11.6 Å². The van der Waals surface area contributed by atoms with Gasteiger partial charge in [-0.1, -0.05) is 17.7 Å². The monoisotopic (exact) mass is 271 g/mol. The van der Waals surface area contributed by atoms with Crippen LogP contribution in [0.2, 0.25) is 5.02 Å². The molecular formula is C14H10ClN3O. The molecule has 5 heteroatoms. The molecule has 3 rings (SSSR count). The number of benzene rings is 2. The summed E-state index contributed by atoms with van der Waals surface area (Å²) in [5.41, 5.74) is 7.78. The second-order valence-corrected chi connectivity index (χ2v) is 4.45. The summed E-state index contributed by atoms with van der Waals surface area (Å²) in [7, 11) is 0. The lowest BCUT2D eigenvalue weighted by Crippen LogP contribution is -1.92. The normalized spacial score (nSPS) is 10.6. The standard InChI is InChI=1S/C14H10ClN3O/c15-9-4-5-12-13(6-9)17-8-14(18-12)19-11-3-1-2-10(16)7-11/h1-8H,16H2. The quantitative estimate of drug-likeness (QED) is 0.723. The fourth-order valence-corrected chi connectivity index (χ4v) is 1.88. The van der Waals surface area contributed by atoms with Crippen LogP contribution in [0.4, 0.5) is 5.69 Å². The Bertz CT molecular complexity index is 746. The van der Waals surface area contributed by atoms with Gasteiger partial charge in [0.25, 0.3) is 0 Å². The van der Waals surface area contributed by atoms with Gasteiger partial charge in [-0.25, -0.2) is 9.97 Å². The predicted molar refractivity (Wildman–Crippen MR) is 75.5 cm³/mol. The van der Waals surface area contributed by atoms with Gasteiger partial charge in [0.1, 0.15) is 5.75 Å². The number of nitrogen functional groups attached to an aromatic ring is 1. The van der Waals surface area contributed by atoms with Crippen LogP contribution in [-0.4, -0.2) is 9.97 Å². The number of nitrogens with two attached hydrogens (primary N) is 1. The van der Waals surface area contributed by atoms with E-state index in [-0.39, 0.29) is 0 Å². The van der Waals surface area contributed by atoms with Crippen molar-refractivity contribution in [3.63, 3.8) is 0 Å². The van der Waals surface area contributed by atoms with Crippen molar-refractivity contribution in [3.05, 3.63) is 53.7 Å². The highest BCUT2D eigenvalue weighted by Gasteiger charge is 2.03. The summed E-state index contributed by atoms with van der Waals surface area (Å²) < 4.78 is 5.61. The molecule has 0 fully saturated rings. The van der Waals surface area contributed by atoms with Gasteiger partial charge in [-0.05, 0) is 30.3 Å². The maximum atomic E-state index is 5.89. The van der Waals surface area contributed by atoms with Gasteiger partial charge in [0, 0.05) is 16.8 Å². The van der Waals surface area contributed by atoms with Gasteiger partial charge in [-0.15, -0.1) is 0 Å². The molecule has 19 heavy (non-hydrogen) atoms. The summed E-state index contributed by atoms with van der Waals surface area (Å²) in [6.07, 6.45) is 1.56. The van der Waals surface area contributed by atoms with E-state index in [9.17, 15) is 0 Å². The maximum absolute atomic E-state index is 5.89. The third-order valence-corrected chi connectivity index (χ3v) is 2.80. The van der Waals surface area contributed by atoms with Crippen LogP contribution in [0.15, 0.2) is 48.7 Å². The number of nitrogens with zero attached hydrogens (tertiary/aromatic N) is 2. The molecule has 0 amide bonds. The zero-order valence-electron chi connectivity index (χ0n) is 9.88. The SMILES string of the molecule is Nc1cccc(Oc2cnc3cc(Cl)ccc3n2)c1. The topological polar surface area (TPSA) is 61.0 Å². The van der Waals surface area contributed by atoms with E-state index in [0.717, 1.165) is 11.0 Å². The molecule has 2 aromatic carbocycles.